The topological polar surface area (TPSA) is 68.0 Å². The molecule has 19 heavy (non-hydrogen) atoms. The highest BCUT2D eigenvalue weighted by atomic mass is 19.4. The summed E-state index contributed by atoms with van der Waals surface area (Å²) in [7, 11) is 0. The van der Waals surface area contributed by atoms with Crippen molar-refractivity contribution in [2.24, 2.45) is 0 Å². The SMILES string of the molecule is O=C(O)c1nn(-c2ccc(F)cc2)nc1C(F)(F)F. The minimum Gasteiger partial charge on any atom is -0.476 e. The van der Waals surface area contributed by atoms with Crippen molar-refractivity contribution in [3.8, 4) is 5.69 Å². The zero-order chi connectivity index (χ0) is 14.2. The van der Waals surface area contributed by atoms with E-state index in [1.165, 1.54) is 0 Å². The van der Waals surface area contributed by atoms with Gasteiger partial charge in [-0.15, -0.1) is 10.2 Å². The summed E-state index contributed by atoms with van der Waals surface area (Å²) in [4.78, 5) is 11.2. The maximum Gasteiger partial charge on any atom is 0.437 e. The van der Waals surface area contributed by atoms with E-state index in [4.69, 9.17) is 5.11 Å². The normalized spacial score (nSPS) is 11.6. The van der Waals surface area contributed by atoms with E-state index in [2.05, 4.69) is 10.2 Å². The van der Waals surface area contributed by atoms with Gasteiger partial charge in [-0.2, -0.15) is 18.0 Å². The first-order valence-electron chi connectivity index (χ1n) is 4.83. The molecule has 0 radical (unpaired) electrons. The summed E-state index contributed by atoms with van der Waals surface area (Å²) in [5, 5.41) is 15.0. The van der Waals surface area contributed by atoms with Crippen LogP contribution < -0.4 is 0 Å². The van der Waals surface area contributed by atoms with Crippen LogP contribution in [0, 0.1) is 5.82 Å². The van der Waals surface area contributed by atoms with Gasteiger partial charge in [0.15, 0.2) is 0 Å². The lowest BCUT2D eigenvalue weighted by molar-refractivity contribution is -0.141. The van der Waals surface area contributed by atoms with Crippen molar-refractivity contribution < 1.29 is 27.5 Å². The number of alkyl halides is 3. The van der Waals surface area contributed by atoms with E-state index in [9.17, 15) is 22.4 Å². The molecule has 0 spiro atoms. The number of halogens is 4. The lowest BCUT2D eigenvalue weighted by atomic mass is 10.3. The second kappa shape index (κ2) is 4.34. The van der Waals surface area contributed by atoms with Gasteiger partial charge in [-0.1, -0.05) is 0 Å². The van der Waals surface area contributed by atoms with Gasteiger partial charge in [0.05, 0.1) is 5.69 Å². The number of benzene rings is 1. The van der Waals surface area contributed by atoms with Crippen molar-refractivity contribution in [2.75, 3.05) is 0 Å². The van der Waals surface area contributed by atoms with Gasteiger partial charge >= 0.3 is 12.1 Å². The van der Waals surface area contributed by atoms with Crippen LogP contribution in [-0.4, -0.2) is 26.1 Å². The predicted molar refractivity (Wildman–Crippen MR) is 53.3 cm³/mol. The van der Waals surface area contributed by atoms with Gasteiger partial charge < -0.3 is 5.11 Å². The summed E-state index contributed by atoms with van der Waals surface area (Å²) in [5.41, 5.74) is -2.81. The fourth-order valence-corrected chi connectivity index (χ4v) is 1.33. The molecule has 0 bridgehead atoms. The third kappa shape index (κ3) is 2.54. The van der Waals surface area contributed by atoms with Crippen LogP contribution in [-0.2, 0) is 6.18 Å². The standard InChI is InChI=1S/C10H5F4N3O2/c11-5-1-3-6(4-2-5)17-15-7(9(18)19)8(16-17)10(12,13)14/h1-4H,(H,18,19). The van der Waals surface area contributed by atoms with Crippen molar-refractivity contribution >= 4 is 5.97 Å². The minimum absolute atomic E-state index is 0.0133. The van der Waals surface area contributed by atoms with Gasteiger partial charge in [-0.25, -0.2) is 9.18 Å². The van der Waals surface area contributed by atoms with Crippen molar-refractivity contribution in [3.63, 3.8) is 0 Å². The highest BCUT2D eigenvalue weighted by molar-refractivity contribution is 5.86. The average molecular weight is 275 g/mol. The van der Waals surface area contributed by atoms with E-state index in [0.717, 1.165) is 24.3 Å². The maximum atomic E-state index is 12.7. The molecule has 0 amide bonds. The summed E-state index contributed by atoms with van der Waals surface area (Å²) in [6.45, 7) is 0. The lowest BCUT2D eigenvalue weighted by Gasteiger charge is -2.01. The molecule has 5 nitrogen and oxygen atoms in total. The molecule has 0 fully saturated rings. The van der Waals surface area contributed by atoms with Gasteiger partial charge in [0.1, 0.15) is 5.82 Å². The number of carboxylic acids is 1. The molecule has 0 saturated carbocycles. The molecule has 1 aromatic carbocycles. The Morgan fingerprint density at radius 1 is 1.16 bits per heavy atom. The first kappa shape index (κ1) is 13.0. The van der Waals surface area contributed by atoms with Crippen molar-refractivity contribution in [1.29, 1.82) is 0 Å². The smallest absolute Gasteiger partial charge is 0.437 e. The van der Waals surface area contributed by atoms with E-state index in [1.807, 2.05) is 0 Å². The first-order valence-corrected chi connectivity index (χ1v) is 4.83. The van der Waals surface area contributed by atoms with E-state index in [-0.39, 0.29) is 5.69 Å². The molecule has 2 aromatic rings. The third-order valence-electron chi connectivity index (χ3n) is 2.14. The third-order valence-corrected chi connectivity index (χ3v) is 2.14. The zero-order valence-corrected chi connectivity index (χ0v) is 9.02. The minimum atomic E-state index is -4.94. The number of rotatable bonds is 2. The van der Waals surface area contributed by atoms with Gasteiger partial charge in [0, 0.05) is 0 Å². The molecule has 0 saturated heterocycles. The Kier molecular flexibility index (Phi) is 2.97. The number of aromatic nitrogens is 3. The van der Waals surface area contributed by atoms with Crippen LogP contribution in [0.25, 0.3) is 5.69 Å². The van der Waals surface area contributed by atoms with Crippen molar-refractivity contribution in [2.45, 2.75) is 6.18 Å². The van der Waals surface area contributed by atoms with Gasteiger partial charge in [-0.05, 0) is 24.3 Å². The van der Waals surface area contributed by atoms with Crippen LogP contribution >= 0.6 is 0 Å². The molecular weight excluding hydrogens is 270 g/mol. The Hall–Kier alpha value is -2.45. The molecule has 1 N–H and O–H groups in total. The van der Waals surface area contributed by atoms with Crippen LogP contribution in [0.5, 0.6) is 0 Å². The fraction of sp³-hybridized carbons (Fsp3) is 0.100. The summed E-state index contributed by atoms with van der Waals surface area (Å²) in [6, 6.07) is 4.24. The van der Waals surface area contributed by atoms with E-state index in [1.54, 1.807) is 0 Å². The van der Waals surface area contributed by atoms with E-state index >= 15 is 0 Å². The highest BCUT2D eigenvalue weighted by Crippen LogP contribution is 2.30. The van der Waals surface area contributed by atoms with Crippen LogP contribution in [0.3, 0.4) is 0 Å². The van der Waals surface area contributed by atoms with Crippen LogP contribution in [0.15, 0.2) is 24.3 Å². The second-order valence-corrected chi connectivity index (χ2v) is 3.47. The molecule has 0 aliphatic heterocycles. The number of nitrogens with zero attached hydrogens (tertiary/aromatic N) is 3. The lowest BCUT2D eigenvalue weighted by Crippen LogP contribution is -2.12. The Labute approximate surface area is 103 Å². The Bertz CT molecular complexity index is 619. The summed E-state index contributed by atoms with van der Waals surface area (Å²) in [5.74, 6) is -2.44. The molecule has 1 heterocycles. The average Bonchev–Trinajstić information content (AvgIpc) is 2.74. The van der Waals surface area contributed by atoms with Crippen LogP contribution in [0.2, 0.25) is 0 Å². The molecule has 0 atom stereocenters. The van der Waals surface area contributed by atoms with Crippen molar-refractivity contribution in [1.82, 2.24) is 15.0 Å². The van der Waals surface area contributed by atoms with Crippen LogP contribution in [0.1, 0.15) is 16.2 Å². The zero-order valence-electron chi connectivity index (χ0n) is 9.02. The van der Waals surface area contributed by atoms with Crippen molar-refractivity contribution in [3.05, 3.63) is 41.5 Å². The Morgan fingerprint density at radius 3 is 2.16 bits per heavy atom. The fourth-order valence-electron chi connectivity index (χ4n) is 1.33. The Morgan fingerprint density at radius 2 is 1.74 bits per heavy atom. The summed E-state index contributed by atoms with van der Waals surface area (Å²) >= 11 is 0. The summed E-state index contributed by atoms with van der Waals surface area (Å²) in [6.07, 6.45) is -4.94. The van der Waals surface area contributed by atoms with Crippen LogP contribution in [0.4, 0.5) is 17.6 Å². The molecule has 2 rings (SSSR count). The molecule has 0 aliphatic carbocycles. The molecule has 100 valence electrons. The quantitative estimate of drug-likeness (QED) is 0.852. The maximum absolute atomic E-state index is 12.7. The van der Waals surface area contributed by atoms with Gasteiger partial charge in [0.2, 0.25) is 11.4 Å². The molecule has 9 heteroatoms. The number of hydrogen-bond acceptors (Lipinski definition) is 3. The highest BCUT2D eigenvalue weighted by Gasteiger charge is 2.40. The van der Waals surface area contributed by atoms with E-state index < -0.39 is 29.4 Å². The number of aromatic carboxylic acids is 1. The number of carbonyl (C=O) groups is 1. The van der Waals surface area contributed by atoms with Gasteiger partial charge in [-0.3, -0.25) is 0 Å². The monoisotopic (exact) mass is 275 g/mol. The van der Waals surface area contributed by atoms with E-state index in [0.29, 0.717) is 4.80 Å². The first-order chi connectivity index (χ1) is 8.79. The Balaban J connectivity index is 2.55. The largest absolute Gasteiger partial charge is 0.476 e. The molecular formula is C10H5F4N3O2. The molecule has 0 unspecified atom stereocenters. The second-order valence-electron chi connectivity index (χ2n) is 3.47. The van der Waals surface area contributed by atoms with Gasteiger partial charge in [0.25, 0.3) is 0 Å². The summed E-state index contributed by atoms with van der Waals surface area (Å²) < 4.78 is 50.4. The number of hydrogen-bond donors (Lipinski definition) is 1. The molecule has 1 aromatic heterocycles. The predicted octanol–water partition coefficient (Wildman–Crippen LogP) is 2.12. The number of carboxylic acid groups (broad SMARTS) is 1. The molecule has 0 aliphatic rings.